The summed E-state index contributed by atoms with van der Waals surface area (Å²) in [6, 6.07) is 7.76. The zero-order valence-electron chi connectivity index (χ0n) is 13.4. The lowest BCUT2D eigenvalue weighted by atomic mass is 9.95. The molecule has 2 aromatic heterocycles. The van der Waals surface area contributed by atoms with Gasteiger partial charge in [-0.05, 0) is 30.5 Å². The first kappa shape index (κ1) is 14.7. The van der Waals surface area contributed by atoms with Crippen LogP contribution in [0, 0.1) is 0 Å². The van der Waals surface area contributed by atoms with Gasteiger partial charge in [0.2, 0.25) is 5.91 Å². The molecular formula is C18H18N4O2. The number of imidazole rings is 1. The Hall–Kier alpha value is -2.89. The van der Waals surface area contributed by atoms with E-state index in [2.05, 4.69) is 15.3 Å². The van der Waals surface area contributed by atoms with Crippen molar-refractivity contribution in [3.05, 3.63) is 60.3 Å². The number of amides is 1. The molecular weight excluding hydrogens is 304 g/mol. The van der Waals surface area contributed by atoms with Crippen molar-refractivity contribution >= 4 is 11.6 Å². The quantitative estimate of drug-likeness (QED) is 0.781. The Morgan fingerprint density at radius 3 is 2.79 bits per heavy atom. The van der Waals surface area contributed by atoms with Gasteiger partial charge in [0.15, 0.2) is 5.65 Å². The van der Waals surface area contributed by atoms with Crippen molar-refractivity contribution in [2.75, 3.05) is 7.11 Å². The summed E-state index contributed by atoms with van der Waals surface area (Å²) in [7, 11) is 1.64. The third-order valence-electron chi connectivity index (χ3n) is 4.65. The molecule has 0 saturated heterocycles. The van der Waals surface area contributed by atoms with E-state index in [1.165, 1.54) is 0 Å². The highest BCUT2D eigenvalue weighted by Gasteiger charge is 2.51. The second kappa shape index (κ2) is 5.63. The average molecular weight is 322 g/mol. The molecule has 3 aromatic rings. The molecule has 122 valence electrons. The van der Waals surface area contributed by atoms with Crippen LogP contribution in [0.15, 0.2) is 49.1 Å². The second-order valence-corrected chi connectivity index (χ2v) is 6.05. The Kier molecular flexibility index (Phi) is 3.45. The lowest BCUT2D eigenvalue weighted by Gasteiger charge is -2.16. The summed E-state index contributed by atoms with van der Waals surface area (Å²) in [6.45, 7) is 0.446. The number of aromatic nitrogens is 3. The molecule has 1 aliphatic rings. The molecule has 1 fully saturated rings. The van der Waals surface area contributed by atoms with E-state index in [1.807, 2.05) is 34.9 Å². The first-order chi connectivity index (χ1) is 11.7. The molecule has 1 saturated carbocycles. The van der Waals surface area contributed by atoms with Crippen LogP contribution in [0.1, 0.15) is 24.1 Å². The average Bonchev–Trinajstić information content (AvgIpc) is 3.35. The largest absolute Gasteiger partial charge is 0.497 e. The van der Waals surface area contributed by atoms with E-state index in [-0.39, 0.29) is 5.91 Å². The van der Waals surface area contributed by atoms with Crippen LogP contribution in [-0.4, -0.2) is 27.4 Å². The van der Waals surface area contributed by atoms with E-state index in [1.54, 1.807) is 25.7 Å². The van der Waals surface area contributed by atoms with Crippen LogP contribution in [0.2, 0.25) is 0 Å². The van der Waals surface area contributed by atoms with Crippen LogP contribution in [0.5, 0.6) is 5.75 Å². The van der Waals surface area contributed by atoms with Gasteiger partial charge in [-0.3, -0.25) is 14.2 Å². The molecule has 0 aliphatic heterocycles. The number of hydrogen-bond donors (Lipinski definition) is 1. The molecule has 1 aromatic carbocycles. The number of ether oxygens (including phenoxy) is 1. The van der Waals surface area contributed by atoms with Crippen LogP contribution < -0.4 is 10.1 Å². The van der Waals surface area contributed by atoms with Gasteiger partial charge in [-0.15, -0.1) is 0 Å². The molecule has 0 spiro atoms. The van der Waals surface area contributed by atoms with E-state index in [4.69, 9.17) is 4.74 Å². The number of rotatable bonds is 5. The van der Waals surface area contributed by atoms with E-state index in [9.17, 15) is 4.79 Å². The lowest BCUT2D eigenvalue weighted by Crippen LogP contribution is -2.34. The summed E-state index contributed by atoms with van der Waals surface area (Å²) in [5.41, 5.74) is 2.36. The number of hydrogen-bond acceptors (Lipinski definition) is 4. The normalized spacial score (nSPS) is 15.2. The molecule has 1 aliphatic carbocycles. The first-order valence-electron chi connectivity index (χ1n) is 7.92. The molecule has 6 nitrogen and oxygen atoms in total. The molecule has 24 heavy (non-hydrogen) atoms. The highest BCUT2D eigenvalue weighted by molar-refractivity contribution is 5.91. The highest BCUT2D eigenvalue weighted by atomic mass is 16.5. The summed E-state index contributed by atoms with van der Waals surface area (Å²) < 4.78 is 7.12. The van der Waals surface area contributed by atoms with Crippen molar-refractivity contribution in [2.45, 2.75) is 24.8 Å². The highest BCUT2D eigenvalue weighted by Crippen LogP contribution is 2.48. The summed E-state index contributed by atoms with van der Waals surface area (Å²) in [4.78, 5) is 21.1. The van der Waals surface area contributed by atoms with Gasteiger partial charge >= 0.3 is 0 Å². The number of carbonyl (C=O) groups is 1. The van der Waals surface area contributed by atoms with Gasteiger partial charge in [0.05, 0.1) is 37.2 Å². The second-order valence-electron chi connectivity index (χ2n) is 6.05. The predicted molar refractivity (Wildman–Crippen MR) is 88.7 cm³/mol. The van der Waals surface area contributed by atoms with Crippen molar-refractivity contribution in [3.8, 4) is 5.75 Å². The third-order valence-corrected chi connectivity index (χ3v) is 4.65. The predicted octanol–water partition coefficient (Wildman–Crippen LogP) is 2.09. The van der Waals surface area contributed by atoms with Gasteiger partial charge in [0.25, 0.3) is 0 Å². The Morgan fingerprint density at radius 2 is 2.08 bits per heavy atom. The van der Waals surface area contributed by atoms with Crippen molar-refractivity contribution < 1.29 is 9.53 Å². The minimum absolute atomic E-state index is 0.0664. The molecule has 2 heterocycles. The Labute approximate surface area is 139 Å². The van der Waals surface area contributed by atoms with Crippen molar-refractivity contribution in [1.82, 2.24) is 19.7 Å². The summed E-state index contributed by atoms with van der Waals surface area (Å²) in [5, 5.41) is 3.06. The van der Waals surface area contributed by atoms with Crippen LogP contribution in [0.25, 0.3) is 5.65 Å². The lowest BCUT2D eigenvalue weighted by molar-refractivity contribution is -0.123. The van der Waals surface area contributed by atoms with E-state index < -0.39 is 5.41 Å². The minimum Gasteiger partial charge on any atom is -0.497 e. The SMILES string of the molecule is COc1ccc(C2(C(=O)NCc3cnc4cnccn34)CC2)cc1. The molecule has 0 bridgehead atoms. The zero-order chi connectivity index (χ0) is 16.6. The summed E-state index contributed by atoms with van der Waals surface area (Å²) in [6.07, 6.45) is 8.78. The summed E-state index contributed by atoms with van der Waals surface area (Å²) in [5.74, 6) is 0.867. The maximum atomic E-state index is 12.7. The summed E-state index contributed by atoms with van der Waals surface area (Å²) >= 11 is 0. The number of nitrogens with zero attached hydrogens (tertiary/aromatic N) is 3. The van der Waals surface area contributed by atoms with E-state index in [0.717, 1.165) is 35.5 Å². The number of benzene rings is 1. The van der Waals surface area contributed by atoms with Gasteiger partial charge in [0.1, 0.15) is 5.75 Å². The fraction of sp³-hybridized carbons (Fsp3) is 0.278. The van der Waals surface area contributed by atoms with E-state index in [0.29, 0.717) is 6.54 Å². The van der Waals surface area contributed by atoms with Gasteiger partial charge < -0.3 is 10.1 Å². The van der Waals surface area contributed by atoms with Crippen molar-refractivity contribution in [3.63, 3.8) is 0 Å². The van der Waals surface area contributed by atoms with Gasteiger partial charge in [-0.1, -0.05) is 12.1 Å². The van der Waals surface area contributed by atoms with Crippen LogP contribution in [0.4, 0.5) is 0 Å². The van der Waals surface area contributed by atoms with Crippen LogP contribution >= 0.6 is 0 Å². The maximum Gasteiger partial charge on any atom is 0.230 e. The number of methoxy groups -OCH3 is 1. The Balaban J connectivity index is 1.49. The third kappa shape index (κ3) is 2.40. The smallest absolute Gasteiger partial charge is 0.230 e. The fourth-order valence-corrected chi connectivity index (χ4v) is 3.05. The van der Waals surface area contributed by atoms with Gasteiger partial charge in [0, 0.05) is 12.4 Å². The maximum absolute atomic E-state index is 12.7. The first-order valence-corrected chi connectivity index (χ1v) is 7.92. The molecule has 1 amide bonds. The molecule has 0 atom stereocenters. The topological polar surface area (TPSA) is 68.5 Å². The fourth-order valence-electron chi connectivity index (χ4n) is 3.05. The molecule has 1 N–H and O–H groups in total. The molecule has 0 unspecified atom stereocenters. The standard InChI is InChI=1S/C18H18N4O2/c1-24-15-4-2-13(3-5-15)18(6-7-18)17(23)21-11-14-10-20-16-12-19-8-9-22(14)16/h2-5,8-10,12H,6-7,11H2,1H3,(H,21,23). The number of nitrogens with one attached hydrogen (secondary N) is 1. The minimum atomic E-state index is -0.395. The van der Waals surface area contributed by atoms with Gasteiger partial charge in [-0.2, -0.15) is 0 Å². The number of fused-ring (bicyclic) bond motifs is 1. The Bertz CT molecular complexity index is 881. The molecule has 0 radical (unpaired) electrons. The van der Waals surface area contributed by atoms with E-state index >= 15 is 0 Å². The number of carbonyl (C=O) groups excluding carboxylic acids is 1. The van der Waals surface area contributed by atoms with Crippen LogP contribution in [0.3, 0.4) is 0 Å². The molecule has 4 rings (SSSR count). The molecule has 6 heteroatoms. The van der Waals surface area contributed by atoms with Crippen molar-refractivity contribution in [1.29, 1.82) is 0 Å². The monoisotopic (exact) mass is 322 g/mol. The Morgan fingerprint density at radius 1 is 1.29 bits per heavy atom. The van der Waals surface area contributed by atoms with Crippen molar-refractivity contribution in [2.24, 2.45) is 0 Å². The van der Waals surface area contributed by atoms with Crippen LogP contribution in [-0.2, 0) is 16.8 Å². The zero-order valence-corrected chi connectivity index (χ0v) is 13.4. The van der Waals surface area contributed by atoms with Gasteiger partial charge in [-0.25, -0.2) is 4.98 Å².